The number of benzene rings is 2. The maximum Gasteiger partial charge on any atom is 0.333 e. The Kier molecular flexibility index (Phi) is 4.12. The van der Waals surface area contributed by atoms with E-state index in [1.165, 1.54) is 0 Å². The van der Waals surface area contributed by atoms with Crippen LogP contribution in [-0.4, -0.2) is 15.7 Å². The van der Waals surface area contributed by atoms with Crippen LogP contribution < -0.4 is 10.3 Å². The lowest BCUT2D eigenvalue weighted by molar-refractivity contribution is -0.135. The lowest BCUT2D eigenvalue weighted by atomic mass is 10.2. The third kappa shape index (κ3) is 3.24. The third-order valence-electron chi connectivity index (χ3n) is 3.40. The SMILES string of the molecule is Cc1cc(OC(=O)Cn2ncc3ccccc3c2=O)ccc1Cl. The smallest absolute Gasteiger partial charge is 0.333 e. The Hall–Kier alpha value is -2.66. The Bertz CT molecular complexity index is 950. The summed E-state index contributed by atoms with van der Waals surface area (Å²) in [6.45, 7) is 1.56. The second-order valence-corrected chi connectivity index (χ2v) is 5.49. The molecule has 5 nitrogen and oxygen atoms in total. The molecule has 0 fully saturated rings. The molecule has 0 saturated carbocycles. The molecule has 2 aromatic carbocycles. The van der Waals surface area contributed by atoms with E-state index >= 15 is 0 Å². The summed E-state index contributed by atoms with van der Waals surface area (Å²) < 4.78 is 6.31. The van der Waals surface area contributed by atoms with Crippen molar-refractivity contribution in [3.05, 3.63) is 69.6 Å². The first kappa shape index (κ1) is 15.2. The predicted molar refractivity (Wildman–Crippen MR) is 87.8 cm³/mol. The lowest BCUT2D eigenvalue weighted by Crippen LogP contribution is -2.28. The lowest BCUT2D eigenvalue weighted by Gasteiger charge is -2.07. The fraction of sp³-hybridized carbons (Fsp3) is 0.118. The van der Waals surface area contributed by atoms with Gasteiger partial charge < -0.3 is 4.74 Å². The van der Waals surface area contributed by atoms with Gasteiger partial charge in [-0.1, -0.05) is 29.8 Å². The average Bonchev–Trinajstić information content (AvgIpc) is 2.54. The van der Waals surface area contributed by atoms with Crippen LogP contribution in [0.5, 0.6) is 5.75 Å². The Balaban J connectivity index is 1.81. The minimum atomic E-state index is -0.573. The molecular formula is C17H13ClN2O3. The van der Waals surface area contributed by atoms with E-state index in [2.05, 4.69) is 5.10 Å². The Morgan fingerprint density at radius 2 is 2.04 bits per heavy atom. The van der Waals surface area contributed by atoms with E-state index in [1.54, 1.807) is 42.6 Å². The van der Waals surface area contributed by atoms with Gasteiger partial charge in [0.1, 0.15) is 12.3 Å². The van der Waals surface area contributed by atoms with Crippen LogP contribution in [0, 0.1) is 6.92 Å². The fourth-order valence-electron chi connectivity index (χ4n) is 2.21. The molecule has 6 heteroatoms. The maximum absolute atomic E-state index is 12.3. The van der Waals surface area contributed by atoms with E-state index in [9.17, 15) is 9.59 Å². The van der Waals surface area contributed by atoms with Crippen LogP contribution in [0.1, 0.15) is 5.56 Å². The summed E-state index contributed by atoms with van der Waals surface area (Å²) in [6.07, 6.45) is 1.55. The molecule has 0 spiro atoms. The Morgan fingerprint density at radius 1 is 1.26 bits per heavy atom. The highest BCUT2D eigenvalue weighted by Crippen LogP contribution is 2.21. The molecule has 1 aromatic heterocycles. The van der Waals surface area contributed by atoms with Crippen molar-refractivity contribution in [2.24, 2.45) is 0 Å². The van der Waals surface area contributed by atoms with Crippen LogP contribution in [0.15, 0.2) is 53.5 Å². The van der Waals surface area contributed by atoms with Gasteiger partial charge in [0.25, 0.3) is 5.56 Å². The van der Waals surface area contributed by atoms with Crippen LogP contribution in [0.2, 0.25) is 5.02 Å². The molecule has 116 valence electrons. The molecule has 1 heterocycles. The summed E-state index contributed by atoms with van der Waals surface area (Å²) in [6, 6.07) is 12.0. The number of aromatic nitrogens is 2. The molecule has 0 N–H and O–H groups in total. The van der Waals surface area contributed by atoms with Crippen molar-refractivity contribution in [3.63, 3.8) is 0 Å². The highest BCUT2D eigenvalue weighted by Gasteiger charge is 2.11. The van der Waals surface area contributed by atoms with Crippen molar-refractivity contribution in [2.45, 2.75) is 13.5 Å². The van der Waals surface area contributed by atoms with E-state index < -0.39 is 5.97 Å². The van der Waals surface area contributed by atoms with Gasteiger partial charge in [0.05, 0.1) is 11.6 Å². The third-order valence-corrected chi connectivity index (χ3v) is 3.83. The van der Waals surface area contributed by atoms with Gasteiger partial charge in [-0.05, 0) is 36.8 Å². The van der Waals surface area contributed by atoms with Gasteiger partial charge >= 0.3 is 5.97 Å². The first-order chi connectivity index (χ1) is 11.0. The number of carbonyl (C=O) groups excluding carboxylic acids is 1. The number of hydrogen-bond donors (Lipinski definition) is 0. The number of halogens is 1. The zero-order chi connectivity index (χ0) is 16.4. The number of fused-ring (bicyclic) bond motifs is 1. The molecule has 0 amide bonds. The molecule has 0 atom stereocenters. The minimum absolute atomic E-state index is 0.259. The number of esters is 1. The van der Waals surface area contributed by atoms with Crippen molar-refractivity contribution in [1.82, 2.24) is 9.78 Å². The van der Waals surface area contributed by atoms with Crippen molar-refractivity contribution < 1.29 is 9.53 Å². The molecule has 0 unspecified atom stereocenters. The second kappa shape index (κ2) is 6.22. The topological polar surface area (TPSA) is 61.2 Å². The standard InChI is InChI=1S/C17H13ClN2O3/c1-11-8-13(6-7-15(11)18)23-16(21)10-20-17(22)14-5-3-2-4-12(14)9-19-20/h2-9H,10H2,1H3. The quantitative estimate of drug-likeness (QED) is 0.548. The highest BCUT2D eigenvalue weighted by atomic mass is 35.5. The average molecular weight is 329 g/mol. The zero-order valence-electron chi connectivity index (χ0n) is 12.3. The highest BCUT2D eigenvalue weighted by molar-refractivity contribution is 6.31. The molecule has 3 rings (SSSR count). The normalized spacial score (nSPS) is 10.7. The minimum Gasteiger partial charge on any atom is -0.425 e. The molecule has 0 aliphatic rings. The number of rotatable bonds is 3. The predicted octanol–water partition coefficient (Wildman–Crippen LogP) is 2.96. The van der Waals surface area contributed by atoms with Gasteiger partial charge in [0.15, 0.2) is 0 Å². The van der Waals surface area contributed by atoms with Gasteiger partial charge in [0, 0.05) is 10.4 Å². The number of hydrogen-bond acceptors (Lipinski definition) is 4. The molecular weight excluding hydrogens is 316 g/mol. The van der Waals surface area contributed by atoms with E-state index in [-0.39, 0.29) is 12.1 Å². The van der Waals surface area contributed by atoms with Gasteiger partial charge in [-0.3, -0.25) is 4.79 Å². The molecule has 0 radical (unpaired) electrons. The van der Waals surface area contributed by atoms with E-state index in [0.717, 1.165) is 15.6 Å². The van der Waals surface area contributed by atoms with E-state index in [4.69, 9.17) is 16.3 Å². The first-order valence-electron chi connectivity index (χ1n) is 6.96. The number of nitrogens with zero attached hydrogens (tertiary/aromatic N) is 2. The monoisotopic (exact) mass is 328 g/mol. The summed E-state index contributed by atoms with van der Waals surface area (Å²) in [4.78, 5) is 24.3. The van der Waals surface area contributed by atoms with Crippen molar-refractivity contribution in [1.29, 1.82) is 0 Å². The Labute approximate surface area is 137 Å². The zero-order valence-corrected chi connectivity index (χ0v) is 13.1. The molecule has 23 heavy (non-hydrogen) atoms. The molecule has 0 aliphatic carbocycles. The first-order valence-corrected chi connectivity index (χ1v) is 7.34. The van der Waals surface area contributed by atoms with Crippen LogP contribution in [0.25, 0.3) is 10.8 Å². The molecule has 3 aromatic rings. The van der Waals surface area contributed by atoms with Gasteiger partial charge in [-0.2, -0.15) is 5.10 Å². The number of ether oxygens (including phenoxy) is 1. The van der Waals surface area contributed by atoms with Gasteiger partial charge in [0.2, 0.25) is 0 Å². The van der Waals surface area contributed by atoms with Gasteiger partial charge in [-0.25, -0.2) is 9.48 Å². The van der Waals surface area contributed by atoms with Crippen LogP contribution in [0.4, 0.5) is 0 Å². The number of carbonyl (C=O) groups is 1. The van der Waals surface area contributed by atoms with Crippen LogP contribution in [0.3, 0.4) is 0 Å². The molecule has 0 bridgehead atoms. The summed E-state index contributed by atoms with van der Waals surface area (Å²) in [7, 11) is 0. The van der Waals surface area contributed by atoms with Crippen LogP contribution >= 0.6 is 11.6 Å². The fourth-order valence-corrected chi connectivity index (χ4v) is 2.32. The summed E-state index contributed by atoms with van der Waals surface area (Å²) in [5, 5.41) is 5.84. The Morgan fingerprint density at radius 3 is 2.83 bits per heavy atom. The van der Waals surface area contributed by atoms with Crippen LogP contribution in [-0.2, 0) is 11.3 Å². The molecule has 0 aliphatic heterocycles. The van der Waals surface area contributed by atoms with E-state index in [0.29, 0.717) is 16.2 Å². The second-order valence-electron chi connectivity index (χ2n) is 5.08. The van der Waals surface area contributed by atoms with E-state index in [1.807, 2.05) is 13.0 Å². The van der Waals surface area contributed by atoms with Crippen molar-refractivity contribution in [2.75, 3.05) is 0 Å². The largest absolute Gasteiger partial charge is 0.425 e. The summed E-state index contributed by atoms with van der Waals surface area (Å²) in [5.41, 5.74) is 0.477. The maximum atomic E-state index is 12.3. The van der Waals surface area contributed by atoms with Crippen molar-refractivity contribution in [3.8, 4) is 5.75 Å². The summed E-state index contributed by atoms with van der Waals surface area (Å²) >= 11 is 5.93. The molecule has 0 saturated heterocycles. The summed E-state index contributed by atoms with van der Waals surface area (Å²) in [5.74, 6) is -0.192. The van der Waals surface area contributed by atoms with Crippen molar-refractivity contribution >= 4 is 28.3 Å². The van der Waals surface area contributed by atoms with Gasteiger partial charge in [-0.15, -0.1) is 0 Å². The number of aryl methyl sites for hydroxylation is 1.